The summed E-state index contributed by atoms with van der Waals surface area (Å²) in [6.07, 6.45) is 4.59. The van der Waals surface area contributed by atoms with Gasteiger partial charge >= 0.3 is 0 Å². The summed E-state index contributed by atoms with van der Waals surface area (Å²) in [5.41, 5.74) is 2.15. The Hall–Kier alpha value is -1.81. The first kappa shape index (κ1) is 12.2. The van der Waals surface area contributed by atoms with Crippen LogP contribution in [-0.2, 0) is 11.2 Å². The minimum absolute atomic E-state index is 0.110. The van der Waals surface area contributed by atoms with Gasteiger partial charge in [0.2, 0.25) is 5.91 Å². The molecule has 0 saturated carbocycles. The number of fused-ring (bicyclic) bond motifs is 1. The maximum atomic E-state index is 12.1. The van der Waals surface area contributed by atoms with Crippen LogP contribution in [-0.4, -0.2) is 30.0 Å². The molecule has 3 N–H and O–H groups in total. The maximum Gasteiger partial charge on any atom is 0.224 e. The third-order valence-corrected chi connectivity index (χ3v) is 3.69. The molecule has 0 unspecified atom stereocenters. The van der Waals surface area contributed by atoms with Crippen molar-refractivity contribution in [1.82, 2.24) is 15.6 Å². The Kier molecular flexibility index (Phi) is 3.51. The molecule has 1 aromatic carbocycles. The Balaban J connectivity index is 1.65. The van der Waals surface area contributed by atoms with E-state index in [1.54, 1.807) is 0 Å². The second-order valence-electron chi connectivity index (χ2n) is 5.15. The summed E-state index contributed by atoms with van der Waals surface area (Å²) in [7, 11) is 0. The zero-order valence-corrected chi connectivity index (χ0v) is 10.9. The number of hydrogen-bond donors (Lipinski definition) is 3. The predicted octanol–water partition coefficient (Wildman–Crippen LogP) is 1.58. The van der Waals surface area contributed by atoms with Gasteiger partial charge in [-0.25, -0.2) is 0 Å². The molecule has 1 aliphatic heterocycles. The number of piperidine rings is 1. The van der Waals surface area contributed by atoms with Crippen molar-refractivity contribution in [3.63, 3.8) is 0 Å². The van der Waals surface area contributed by atoms with E-state index in [-0.39, 0.29) is 11.9 Å². The fourth-order valence-corrected chi connectivity index (χ4v) is 2.70. The number of amides is 1. The number of nitrogens with one attached hydrogen (secondary N) is 3. The van der Waals surface area contributed by atoms with E-state index < -0.39 is 0 Å². The van der Waals surface area contributed by atoms with E-state index in [2.05, 4.69) is 21.7 Å². The van der Waals surface area contributed by atoms with Crippen molar-refractivity contribution >= 4 is 16.8 Å². The quantitative estimate of drug-likeness (QED) is 0.782. The molecule has 1 aliphatic rings. The van der Waals surface area contributed by atoms with E-state index >= 15 is 0 Å². The zero-order valence-electron chi connectivity index (χ0n) is 10.9. The Morgan fingerprint density at radius 1 is 1.37 bits per heavy atom. The maximum absolute atomic E-state index is 12.1. The first-order valence-electron chi connectivity index (χ1n) is 6.88. The lowest BCUT2D eigenvalue weighted by atomic mass is 10.1. The lowest BCUT2D eigenvalue weighted by molar-refractivity contribution is -0.121. The Labute approximate surface area is 112 Å². The van der Waals surface area contributed by atoms with Gasteiger partial charge < -0.3 is 15.6 Å². The van der Waals surface area contributed by atoms with Crippen LogP contribution in [0.25, 0.3) is 10.9 Å². The fraction of sp³-hybridized carbons (Fsp3) is 0.400. The van der Waals surface area contributed by atoms with E-state index in [0.29, 0.717) is 6.42 Å². The summed E-state index contributed by atoms with van der Waals surface area (Å²) >= 11 is 0. The summed E-state index contributed by atoms with van der Waals surface area (Å²) in [6.45, 7) is 1.95. The van der Waals surface area contributed by atoms with Gasteiger partial charge in [0.15, 0.2) is 0 Å². The summed E-state index contributed by atoms with van der Waals surface area (Å²) in [5.74, 6) is 0.110. The van der Waals surface area contributed by atoms with Crippen molar-refractivity contribution in [2.24, 2.45) is 0 Å². The monoisotopic (exact) mass is 257 g/mol. The van der Waals surface area contributed by atoms with Crippen molar-refractivity contribution in [3.05, 3.63) is 36.0 Å². The van der Waals surface area contributed by atoms with Crippen LogP contribution in [0.15, 0.2) is 30.5 Å². The first-order chi connectivity index (χ1) is 9.33. The molecule has 19 heavy (non-hydrogen) atoms. The molecule has 1 amide bonds. The molecular weight excluding hydrogens is 238 g/mol. The van der Waals surface area contributed by atoms with Crippen LogP contribution in [0.4, 0.5) is 0 Å². The van der Waals surface area contributed by atoms with E-state index in [1.165, 1.54) is 0 Å². The molecule has 100 valence electrons. The van der Waals surface area contributed by atoms with Crippen molar-refractivity contribution in [2.45, 2.75) is 25.3 Å². The highest BCUT2D eigenvalue weighted by molar-refractivity contribution is 5.88. The molecule has 1 atom stereocenters. The fourth-order valence-electron chi connectivity index (χ4n) is 2.70. The Morgan fingerprint density at radius 2 is 2.26 bits per heavy atom. The first-order valence-corrected chi connectivity index (χ1v) is 6.88. The molecule has 1 saturated heterocycles. The van der Waals surface area contributed by atoms with Crippen molar-refractivity contribution < 1.29 is 4.79 Å². The van der Waals surface area contributed by atoms with Crippen LogP contribution in [0.5, 0.6) is 0 Å². The van der Waals surface area contributed by atoms with Crippen molar-refractivity contribution in [2.75, 3.05) is 13.1 Å². The highest BCUT2D eigenvalue weighted by atomic mass is 16.1. The molecule has 4 nitrogen and oxygen atoms in total. The third kappa shape index (κ3) is 2.79. The highest BCUT2D eigenvalue weighted by Gasteiger charge is 2.16. The van der Waals surface area contributed by atoms with Crippen molar-refractivity contribution in [3.8, 4) is 0 Å². The molecule has 0 radical (unpaired) electrons. The average Bonchev–Trinajstić information content (AvgIpc) is 2.83. The van der Waals surface area contributed by atoms with Crippen LogP contribution in [0, 0.1) is 0 Å². The average molecular weight is 257 g/mol. The number of rotatable bonds is 3. The second-order valence-corrected chi connectivity index (χ2v) is 5.15. The van der Waals surface area contributed by atoms with Crippen LogP contribution in [0.3, 0.4) is 0 Å². The van der Waals surface area contributed by atoms with Crippen LogP contribution in [0.2, 0.25) is 0 Å². The zero-order chi connectivity index (χ0) is 13.1. The van der Waals surface area contributed by atoms with Gasteiger partial charge in [-0.3, -0.25) is 4.79 Å². The lowest BCUT2D eigenvalue weighted by Gasteiger charge is -2.23. The molecule has 1 aromatic heterocycles. The molecule has 4 heteroatoms. The Morgan fingerprint density at radius 3 is 3.11 bits per heavy atom. The predicted molar refractivity (Wildman–Crippen MR) is 76.0 cm³/mol. The number of carbonyl (C=O) groups is 1. The number of benzene rings is 1. The van der Waals surface area contributed by atoms with E-state index in [4.69, 9.17) is 0 Å². The normalized spacial score (nSPS) is 19.5. The number of H-pyrrole nitrogens is 1. The molecule has 3 rings (SSSR count). The molecule has 0 aliphatic carbocycles. The van der Waals surface area contributed by atoms with Crippen molar-refractivity contribution in [1.29, 1.82) is 0 Å². The summed E-state index contributed by atoms with van der Waals surface area (Å²) < 4.78 is 0. The van der Waals surface area contributed by atoms with Gasteiger partial charge in [-0.1, -0.05) is 18.2 Å². The van der Waals surface area contributed by atoms with E-state index in [9.17, 15) is 4.79 Å². The molecule has 1 fully saturated rings. The number of carbonyl (C=O) groups excluding carboxylic acids is 1. The van der Waals surface area contributed by atoms with E-state index in [1.807, 2.05) is 24.4 Å². The smallest absolute Gasteiger partial charge is 0.224 e. The standard InChI is InChI=1S/C15H19N3O/c19-15(18-12-4-3-7-16-10-12)8-11-9-17-14-6-2-1-5-13(11)14/h1-2,5-6,9,12,16-17H,3-4,7-8,10H2,(H,18,19)/t12-/m0/s1. The van der Waals surface area contributed by atoms with Gasteiger partial charge in [-0.2, -0.15) is 0 Å². The molecule has 0 spiro atoms. The number of aromatic amines is 1. The van der Waals surface area contributed by atoms with Gasteiger partial charge in [0.25, 0.3) is 0 Å². The summed E-state index contributed by atoms with van der Waals surface area (Å²) in [6, 6.07) is 8.36. The molecule has 2 aromatic rings. The third-order valence-electron chi connectivity index (χ3n) is 3.69. The lowest BCUT2D eigenvalue weighted by Crippen LogP contribution is -2.46. The van der Waals surface area contributed by atoms with Crippen LogP contribution < -0.4 is 10.6 Å². The topological polar surface area (TPSA) is 56.9 Å². The minimum Gasteiger partial charge on any atom is -0.361 e. The molecule has 2 heterocycles. The minimum atomic E-state index is 0.110. The molecular formula is C15H19N3O. The highest BCUT2D eigenvalue weighted by Crippen LogP contribution is 2.18. The SMILES string of the molecule is O=C(Cc1c[nH]c2ccccc12)N[C@H]1CCCNC1. The summed E-state index contributed by atoms with van der Waals surface area (Å²) in [4.78, 5) is 15.3. The number of aromatic nitrogens is 1. The van der Waals surface area contributed by atoms with Gasteiger partial charge in [-0.15, -0.1) is 0 Å². The van der Waals surface area contributed by atoms with Gasteiger partial charge in [0.05, 0.1) is 6.42 Å². The number of hydrogen-bond acceptors (Lipinski definition) is 2. The second kappa shape index (κ2) is 5.45. The Bertz CT molecular complexity index is 570. The van der Waals surface area contributed by atoms with Crippen LogP contribution >= 0.6 is 0 Å². The van der Waals surface area contributed by atoms with E-state index in [0.717, 1.165) is 42.4 Å². The van der Waals surface area contributed by atoms with Gasteiger partial charge in [0.1, 0.15) is 0 Å². The summed E-state index contributed by atoms with van der Waals surface area (Å²) in [5, 5.41) is 7.55. The number of para-hydroxylation sites is 1. The van der Waals surface area contributed by atoms with Gasteiger partial charge in [0, 0.05) is 29.7 Å². The molecule has 0 bridgehead atoms. The van der Waals surface area contributed by atoms with Crippen LogP contribution in [0.1, 0.15) is 18.4 Å². The van der Waals surface area contributed by atoms with Gasteiger partial charge in [-0.05, 0) is 31.0 Å². The largest absolute Gasteiger partial charge is 0.361 e.